The standard InChI is InChI=1S/C9H14O5/c1-3-4-14-9(13)7(10)5-6(2)8(11)12/h6H,3-5H2,1-2H3,(H,11,12). The highest BCUT2D eigenvalue weighted by Crippen LogP contribution is 2.03. The molecule has 0 bridgehead atoms. The van der Waals surface area contributed by atoms with E-state index in [0.29, 0.717) is 6.42 Å². The third-order valence-electron chi connectivity index (χ3n) is 1.58. The van der Waals surface area contributed by atoms with Crippen molar-refractivity contribution in [3.63, 3.8) is 0 Å². The molecule has 0 rings (SSSR count). The summed E-state index contributed by atoms with van der Waals surface area (Å²) in [6.07, 6.45) is 0.325. The lowest BCUT2D eigenvalue weighted by Gasteiger charge is -2.04. The van der Waals surface area contributed by atoms with Crippen molar-refractivity contribution in [1.29, 1.82) is 0 Å². The molecular formula is C9H14O5. The van der Waals surface area contributed by atoms with Gasteiger partial charge in [0.25, 0.3) is 0 Å². The highest BCUT2D eigenvalue weighted by atomic mass is 16.5. The van der Waals surface area contributed by atoms with Crippen LogP contribution in [0.15, 0.2) is 0 Å². The summed E-state index contributed by atoms with van der Waals surface area (Å²) in [5.74, 6) is -3.67. The average molecular weight is 202 g/mol. The molecule has 0 fully saturated rings. The molecule has 0 aromatic rings. The summed E-state index contributed by atoms with van der Waals surface area (Å²) < 4.78 is 4.55. The molecule has 1 atom stereocenters. The van der Waals surface area contributed by atoms with Crippen LogP contribution in [0.25, 0.3) is 0 Å². The van der Waals surface area contributed by atoms with Crippen molar-refractivity contribution in [3.05, 3.63) is 0 Å². The molecule has 0 aliphatic carbocycles. The lowest BCUT2D eigenvalue weighted by molar-refractivity contribution is -0.155. The lowest BCUT2D eigenvalue weighted by atomic mass is 10.1. The molecule has 5 heteroatoms. The maximum absolute atomic E-state index is 11.0. The number of hydrogen-bond donors (Lipinski definition) is 1. The fourth-order valence-corrected chi connectivity index (χ4v) is 0.724. The molecule has 1 unspecified atom stereocenters. The number of esters is 1. The topological polar surface area (TPSA) is 80.7 Å². The number of ketones is 1. The lowest BCUT2D eigenvalue weighted by Crippen LogP contribution is -2.23. The van der Waals surface area contributed by atoms with E-state index < -0.39 is 23.6 Å². The average Bonchev–Trinajstić information content (AvgIpc) is 2.13. The molecule has 0 aliphatic heterocycles. The van der Waals surface area contributed by atoms with Crippen molar-refractivity contribution in [3.8, 4) is 0 Å². The van der Waals surface area contributed by atoms with E-state index in [1.54, 1.807) is 6.92 Å². The number of hydrogen-bond acceptors (Lipinski definition) is 4. The number of carboxylic acids is 1. The van der Waals surface area contributed by atoms with Gasteiger partial charge in [0.1, 0.15) is 0 Å². The Kier molecular flexibility index (Phi) is 5.52. The zero-order chi connectivity index (χ0) is 11.1. The van der Waals surface area contributed by atoms with E-state index in [4.69, 9.17) is 5.11 Å². The second-order valence-electron chi connectivity index (χ2n) is 3.00. The second-order valence-corrected chi connectivity index (χ2v) is 3.00. The van der Waals surface area contributed by atoms with E-state index in [0.717, 1.165) is 0 Å². The number of carboxylic acid groups (broad SMARTS) is 1. The van der Waals surface area contributed by atoms with Crippen LogP contribution in [0.4, 0.5) is 0 Å². The predicted octanol–water partition coefficient (Wildman–Crippen LogP) is 0.620. The van der Waals surface area contributed by atoms with Crippen LogP contribution < -0.4 is 0 Å². The van der Waals surface area contributed by atoms with Crippen LogP contribution in [-0.4, -0.2) is 29.4 Å². The molecule has 0 aromatic heterocycles. The number of rotatable bonds is 6. The first-order chi connectivity index (χ1) is 6.49. The molecule has 0 saturated carbocycles. The molecule has 0 radical (unpaired) electrons. The molecule has 0 aromatic carbocycles. The molecule has 1 N–H and O–H groups in total. The largest absolute Gasteiger partial charge is 0.481 e. The Balaban J connectivity index is 3.95. The monoisotopic (exact) mass is 202 g/mol. The fraction of sp³-hybridized carbons (Fsp3) is 0.667. The first-order valence-corrected chi connectivity index (χ1v) is 4.41. The van der Waals surface area contributed by atoms with E-state index in [2.05, 4.69) is 4.74 Å². The zero-order valence-electron chi connectivity index (χ0n) is 8.28. The van der Waals surface area contributed by atoms with Crippen molar-refractivity contribution >= 4 is 17.7 Å². The van der Waals surface area contributed by atoms with Crippen LogP contribution in [0.5, 0.6) is 0 Å². The van der Waals surface area contributed by atoms with Gasteiger partial charge in [0.2, 0.25) is 5.78 Å². The molecular weight excluding hydrogens is 188 g/mol. The van der Waals surface area contributed by atoms with E-state index in [9.17, 15) is 14.4 Å². The Hall–Kier alpha value is -1.39. The van der Waals surface area contributed by atoms with Gasteiger partial charge in [-0.25, -0.2) is 4.79 Å². The van der Waals surface area contributed by atoms with Crippen LogP contribution in [0, 0.1) is 5.92 Å². The van der Waals surface area contributed by atoms with Crippen molar-refractivity contribution < 1.29 is 24.2 Å². The Morgan fingerprint density at radius 3 is 2.36 bits per heavy atom. The number of Topliss-reactive ketones (excluding diaryl/α,β-unsaturated/α-hetero) is 1. The molecule has 0 spiro atoms. The van der Waals surface area contributed by atoms with Crippen LogP contribution >= 0.6 is 0 Å². The van der Waals surface area contributed by atoms with Crippen molar-refractivity contribution in [2.75, 3.05) is 6.61 Å². The van der Waals surface area contributed by atoms with Crippen LogP contribution in [0.2, 0.25) is 0 Å². The van der Waals surface area contributed by atoms with Crippen LogP contribution in [0.3, 0.4) is 0 Å². The van der Waals surface area contributed by atoms with Crippen LogP contribution in [-0.2, 0) is 19.1 Å². The number of ether oxygens (including phenoxy) is 1. The van der Waals surface area contributed by atoms with Gasteiger partial charge in [-0.05, 0) is 6.42 Å². The van der Waals surface area contributed by atoms with Gasteiger partial charge < -0.3 is 9.84 Å². The number of carbonyl (C=O) groups excluding carboxylic acids is 2. The van der Waals surface area contributed by atoms with Gasteiger partial charge in [0, 0.05) is 6.42 Å². The summed E-state index contributed by atoms with van der Waals surface area (Å²) >= 11 is 0. The minimum atomic E-state index is -1.10. The molecule has 0 saturated heterocycles. The highest BCUT2D eigenvalue weighted by molar-refractivity contribution is 6.33. The summed E-state index contributed by atoms with van der Waals surface area (Å²) in [6.45, 7) is 3.36. The summed E-state index contributed by atoms with van der Waals surface area (Å²) in [5, 5.41) is 8.48. The van der Waals surface area contributed by atoms with Gasteiger partial charge in [-0.15, -0.1) is 0 Å². The Morgan fingerprint density at radius 1 is 1.36 bits per heavy atom. The van der Waals surface area contributed by atoms with Gasteiger partial charge in [0.15, 0.2) is 0 Å². The smallest absolute Gasteiger partial charge is 0.374 e. The van der Waals surface area contributed by atoms with Gasteiger partial charge >= 0.3 is 11.9 Å². The molecule has 14 heavy (non-hydrogen) atoms. The number of aliphatic carboxylic acids is 1. The Bertz CT molecular complexity index is 233. The van der Waals surface area contributed by atoms with Crippen LogP contribution in [0.1, 0.15) is 26.7 Å². The third kappa shape index (κ3) is 4.59. The van der Waals surface area contributed by atoms with E-state index >= 15 is 0 Å². The highest BCUT2D eigenvalue weighted by Gasteiger charge is 2.22. The number of carbonyl (C=O) groups is 3. The van der Waals surface area contributed by atoms with Crippen molar-refractivity contribution in [2.24, 2.45) is 5.92 Å². The van der Waals surface area contributed by atoms with E-state index in [1.807, 2.05) is 0 Å². The van der Waals surface area contributed by atoms with Gasteiger partial charge in [-0.1, -0.05) is 13.8 Å². The first-order valence-electron chi connectivity index (χ1n) is 4.41. The summed E-state index contributed by atoms with van der Waals surface area (Å²) in [6, 6.07) is 0. The maximum atomic E-state index is 11.0. The fourth-order valence-electron chi connectivity index (χ4n) is 0.724. The normalized spacial score (nSPS) is 11.9. The minimum absolute atomic E-state index is 0.187. The molecule has 0 heterocycles. The zero-order valence-corrected chi connectivity index (χ0v) is 8.28. The molecule has 5 nitrogen and oxygen atoms in total. The summed E-state index contributed by atoms with van der Waals surface area (Å²) in [7, 11) is 0. The molecule has 0 amide bonds. The third-order valence-corrected chi connectivity index (χ3v) is 1.58. The summed E-state index contributed by atoms with van der Waals surface area (Å²) in [4.78, 5) is 32.3. The van der Waals surface area contributed by atoms with E-state index in [1.165, 1.54) is 6.92 Å². The maximum Gasteiger partial charge on any atom is 0.374 e. The minimum Gasteiger partial charge on any atom is -0.481 e. The summed E-state index contributed by atoms with van der Waals surface area (Å²) in [5.41, 5.74) is 0. The molecule has 80 valence electrons. The van der Waals surface area contributed by atoms with Gasteiger partial charge in [-0.2, -0.15) is 0 Å². The second kappa shape index (κ2) is 6.12. The Morgan fingerprint density at radius 2 is 1.93 bits per heavy atom. The van der Waals surface area contributed by atoms with E-state index in [-0.39, 0.29) is 13.0 Å². The Labute approximate surface area is 82.1 Å². The van der Waals surface area contributed by atoms with Crippen molar-refractivity contribution in [1.82, 2.24) is 0 Å². The molecule has 0 aliphatic rings. The SMILES string of the molecule is CCCOC(=O)C(=O)CC(C)C(=O)O. The van der Waals surface area contributed by atoms with Gasteiger partial charge in [-0.3, -0.25) is 9.59 Å². The van der Waals surface area contributed by atoms with Crippen molar-refractivity contribution in [2.45, 2.75) is 26.7 Å². The van der Waals surface area contributed by atoms with Gasteiger partial charge in [0.05, 0.1) is 12.5 Å². The quantitative estimate of drug-likeness (QED) is 0.504. The first kappa shape index (κ1) is 12.6. The predicted molar refractivity (Wildman–Crippen MR) is 47.7 cm³/mol.